The van der Waals surface area contributed by atoms with E-state index in [1.165, 1.54) is 22.0 Å². The molecule has 0 radical (unpaired) electrons. The van der Waals surface area contributed by atoms with Crippen LogP contribution in [0.4, 0.5) is 34.1 Å². The van der Waals surface area contributed by atoms with Gasteiger partial charge in [0.15, 0.2) is 11.5 Å². The molecule has 0 N–H and O–H groups in total. The monoisotopic (exact) mass is 866 g/mol. The molecule has 320 valence electrons. The zero-order chi connectivity index (χ0) is 44.7. The van der Waals surface area contributed by atoms with Crippen LogP contribution >= 0.6 is 0 Å². The molecule has 67 heavy (non-hydrogen) atoms. The minimum absolute atomic E-state index is 0.0106. The van der Waals surface area contributed by atoms with Gasteiger partial charge in [0.25, 0.3) is 6.71 Å². The van der Waals surface area contributed by atoms with Crippen LogP contribution in [0.25, 0.3) is 66.1 Å². The second-order valence-electron chi connectivity index (χ2n) is 19.3. The van der Waals surface area contributed by atoms with Crippen molar-refractivity contribution < 1.29 is 18.3 Å². The topological polar surface area (TPSA) is 51.2 Å². The summed E-state index contributed by atoms with van der Waals surface area (Å²) in [5.74, 6) is 1.54. The van der Waals surface area contributed by atoms with Crippen LogP contribution in [0.2, 0.25) is 0 Å². The third kappa shape index (κ3) is 5.70. The summed E-state index contributed by atoms with van der Waals surface area (Å²) in [4.78, 5) is 4.88. The van der Waals surface area contributed by atoms with Gasteiger partial charge in [-0.05, 0) is 147 Å². The molecule has 2 aromatic heterocycles. The predicted octanol–water partition coefficient (Wildman–Crippen LogP) is 14.2. The van der Waals surface area contributed by atoms with Crippen molar-refractivity contribution in [2.75, 3.05) is 16.6 Å². The van der Waals surface area contributed by atoms with Crippen molar-refractivity contribution in [1.82, 2.24) is 0 Å². The Morgan fingerprint density at radius 3 is 1.69 bits per heavy atom. The first-order valence-electron chi connectivity index (χ1n) is 23.1. The summed E-state index contributed by atoms with van der Waals surface area (Å²) in [6, 6.07) is 63.8. The highest BCUT2D eigenvalue weighted by atomic mass is 16.7. The molecule has 11 aromatic rings. The Balaban J connectivity index is 0.979. The van der Waals surface area contributed by atoms with Gasteiger partial charge in [-0.1, -0.05) is 112 Å². The molecule has 0 spiro atoms. The van der Waals surface area contributed by atoms with Crippen LogP contribution in [-0.2, 0) is 5.41 Å². The van der Waals surface area contributed by atoms with E-state index >= 15 is 0 Å². The number of anilines is 6. The van der Waals surface area contributed by atoms with Crippen molar-refractivity contribution in [3.05, 3.63) is 187 Å². The Hall–Kier alpha value is -8.16. The van der Waals surface area contributed by atoms with Gasteiger partial charge in [0, 0.05) is 50.0 Å². The van der Waals surface area contributed by atoms with Crippen LogP contribution in [0.3, 0.4) is 0 Å². The van der Waals surface area contributed by atoms with Crippen molar-refractivity contribution in [2.45, 2.75) is 33.1 Å². The normalized spacial score (nSPS) is 13.8. The largest absolute Gasteiger partial charge is 0.456 e. The van der Waals surface area contributed by atoms with Gasteiger partial charge in [-0.15, -0.1) is 0 Å². The number of fused-ring (bicyclic) bond motifs is 12. The van der Waals surface area contributed by atoms with E-state index in [9.17, 15) is 0 Å². The summed E-state index contributed by atoms with van der Waals surface area (Å²) in [7, 11) is 0. The highest BCUT2D eigenvalue weighted by Gasteiger charge is 2.46. The molecule has 6 nitrogen and oxygen atoms in total. The van der Waals surface area contributed by atoms with Gasteiger partial charge < -0.3 is 28.1 Å². The Morgan fingerprint density at radius 2 is 1.01 bits per heavy atom. The van der Waals surface area contributed by atoms with Crippen LogP contribution in [0.15, 0.2) is 185 Å². The number of furan rings is 2. The SMILES string of the molecule is Cc1cc2c3c(c1)N(c1ccc(C(C)(C)C)cc1)c1c(ccc4c1OCO4)B3c1cc(-c3ccc4c(c3)oc3ccccc34)ccc1N2c1ccc(-c2ccc3c(c2)oc2ccccc23)cc1. The van der Waals surface area contributed by atoms with Crippen molar-refractivity contribution in [3.63, 3.8) is 0 Å². The van der Waals surface area contributed by atoms with E-state index in [0.29, 0.717) is 0 Å². The Kier molecular flexibility index (Phi) is 7.93. The summed E-state index contributed by atoms with van der Waals surface area (Å²) in [5, 5.41) is 4.50. The number of hydrogen-bond donors (Lipinski definition) is 0. The number of hydrogen-bond acceptors (Lipinski definition) is 6. The summed E-state index contributed by atoms with van der Waals surface area (Å²) >= 11 is 0. The lowest BCUT2D eigenvalue weighted by atomic mass is 9.33. The number of para-hydroxylation sites is 2. The van der Waals surface area contributed by atoms with E-state index in [1.807, 2.05) is 24.3 Å². The van der Waals surface area contributed by atoms with Gasteiger partial charge in [-0.2, -0.15) is 0 Å². The fraction of sp³-hybridized carbons (Fsp3) is 0.100. The molecule has 0 fully saturated rings. The van der Waals surface area contributed by atoms with Gasteiger partial charge in [0.1, 0.15) is 22.3 Å². The first kappa shape index (κ1) is 38.1. The number of rotatable bonds is 4. The summed E-state index contributed by atoms with van der Waals surface area (Å²) in [5.41, 5.74) is 20.7. The standard InChI is InChI=1S/C60H43BN2O4/c1-35-29-50-57-51(30-35)63(42-22-18-40(19-23-42)60(2,3)4)58-47(26-28-54-59(58)65-34-64-54)61(57)48-31-37(39-16-25-46-44-10-6-8-12-53(44)67-56(46)33-39)17-27-49(48)62(50)41-20-13-36(14-21-41)38-15-24-45-43-9-5-7-11-52(43)66-55(45)32-38/h5-33H,34H2,1-4H3. The van der Waals surface area contributed by atoms with Crippen LogP contribution in [0.1, 0.15) is 31.9 Å². The molecular weight excluding hydrogens is 823 g/mol. The molecule has 7 heteroatoms. The number of benzene rings is 9. The molecule has 14 rings (SSSR count). The van der Waals surface area contributed by atoms with Crippen molar-refractivity contribution in [2.24, 2.45) is 0 Å². The van der Waals surface area contributed by atoms with Gasteiger partial charge >= 0.3 is 0 Å². The third-order valence-corrected chi connectivity index (χ3v) is 14.3. The van der Waals surface area contributed by atoms with Gasteiger partial charge in [0.2, 0.25) is 6.79 Å². The van der Waals surface area contributed by atoms with Gasteiger partial charge in [-0.25, -0.2) is 0 Å². The Morgan fingerprint density at radius 1 is 0.463 bits per heavy atom. The molecule has 0 saturated heterocycles. The number of ether oxygens (including phenoxy) is 2. The van der Waals surface area contributed by atoms with E-state index in [1.54, 1.807) is 0 Å². The lowest BCUT2D eigenvalue weighted by Gasteiger charge is -2.44. The van der Waals surface area contributed by atoms with E-state index in [-0.39, 0.29) is 18.9 Å². The van der Waals surface area contributed by atoms with Gasteiger partial charge in [0.05, 0.1) is 5.69 Å². The van der Waals surface area contributed by atoms with Crippen molar-refractivity contribution >= 4 is 101 Å². The predicted molar refractivity (Wildman–Crippen MR) is 275 cm³/mol. The molecule has 0 bridgehead atoms. The maximum Gasteiger partial charge on any atom is 0.252 e. The molecule has 9 aromatic carbocycles. The molecule has 0 unspecified atom stereocenters. The molecular formula is C60H43BN2O4. The summed E-state index contributed by atoms with van der Waals surface area (Å²) in [6.45, 7) is 9.06. The Labute approximate surface area is 388 Å². The van der Waals surface area contributed by atoms with Crippen LogP contribution in [-0.4, -0.2) is 13.5 Å². The number of aryl methyl sites for hydroxylation is 1. The molecule has 5 heterocycles. The lowest BCUT2D eigenvalue weighted by molar-refractivity contribution is 0.174. The minimum Gasteiger partial charge on any atom is -0.456 e. The fourth-order valence-corrected chi connectivity index (χ4v) is 11.0. The van der Waals surface area contributed by atoms with Gasteiger partial charge in [-0.3, -0.25) is 0 Å². The lowest BCUT2D eigenvalue weighted by Crippen LogP contribution is -2.61. The van der Waals surface area contributed by atoms with Crippen LogP contribution in [0.5, 0.6) is 11.5 Å². The highest BCUT2D eigenvalue weighted by molar-refractivity contribution is 7.00. The van der Waals surface area contributed by atoms with Crippen molar-refractivity contribution in [3.8, 4) is 33.8 Å². The highest BCUT2D eigenvalue weighted by Crippen LogP contribution is 2.51. The van der Waals surface area contributed by atoms with Crippen LogP contribution in [0, 0.1) is 6.92 Å². The molecule has 0 aliphatic carbocycles. The van der Waals surface area contributed by atoms with Crippen LogP contribution < -0.4 is 35.7 Å². The summed E-state index contributed by atoms with van der Waals surface area (Å²) < 4.78 is 25.3. The van der Waals surface area contributed by atoms with E-state index in [0.717, 1.165) is 117 Å². The van der Waals surface area contributed by atoms with E-state index < -0.39 is 0 Å². The molecule has 0 saturated carbocycles. The maximum atomic E-state index is 6.45. The zero-order valence-corrected chi connectivity index (χ0v) is 37.6. The first-order valence-corrected chi connectivity index (χ1v) is 23.1. The minimum atomic E-state index is -0.115. The average molecular weight is 867 g/mol. The van der Waals surface area contributed by atoms with E-state index in [4.69, 9.17) is 18.3 Å². The maximum absolute atomic E-state index is 6.45. The quantitative estimate of drug-likeness (QED) is 0.164. The molecule has 0 atom stereocenters. The third-order valence-electron chi connectivity index (χ3n) is 14.3. The number of nitrogens with zero attached hydrogens (tertiary/aromatic N) is 2. The second-order valence-corrected chi connectivity index (χ2v) is 19.3. The molecule has 3 aliphatic heterocycles. The smallest absolute Gasteiger partial charge is 0.252 e. The van der Waals surface area contributed by atoms with E-state index in [2.05, 4.69) is 189 Å². The molecule has 3 aliphatic rings. The zero-order valence-electron chi connectivity index (χ0n) is 37.6. The molecule has 0 amide bonds. The fourth-order valence-electron chi connectivity index (χ4n) is 11.0. The van der Waals surface area contributed by atoms with Crippen molar-refractivity contribution in [1.29, 1.82) is 0 Å². The first-order chi connectivity index (χ1) is 32.7. The Bertz CT molecular complexity index is 3860. The second kappa shape index (κ2) is 13.9. The summed E-state index contributed by atoms with van der Waals surface area (Å²) in [6.07, 6.45) is 0. The average Bonchev–Trinajstić information content (AvgIpc) is 4.09.